The fourth-order valence-corrected chi connectivity index (χ4v) is 0.881. The monoisotopic (exact) mass is 180 g/mol. The van der Waals surface area contributed by atoms with Crippen LogP contribution in [-0.2, 0) is 16.1 Å². The molecule has 1 aromatic rings. The Morgan fingerprint density at radius 2 is 2.46 bits per heavy atom. The molecule has 1 rings (SSSR count). The van der Waals surface area contributed by atoms with E-state index >= 15 is 0 Å². The number of hydrogen-bond acceptors (Lipinski definition) is 3. The number of aromatic nitrogens is 2. The van der Waals surface area contributed by atoms with Crippen molar-refractivity contribution in [3.8, 4) is 0 Å². The number of esters is 1. The molecule has 13 heavy (non-hydrogen) atoms. The topological polar surface area (TPSA) is 44.1 Å². The van der Waals surface area contributed by atoms with E-state index in [4.69, 9.17) is 0 Å². The minimum Gasteiger partial charge on any atom is -0.466 e. The Labute approximate surface area is 76.8 Å². The Bertz CT molecular complexity index is 301. The van der Waals surface area contributed by atoms with Gasteiger partial charge in [-0.15, -0.1) is 0 Å². The Morgan fingerprint density at radius 3 is 3.00 bits per heavy atom. The van der Waals surface area contributed by atoms with Crippen LogP contribution in [0.15, 0.2) is 30.4 Å². The van der Waals surface area contributed by atoms with E-state index < -0.39 is 0 Å². The van der Waals surface area contributed by atoms with Crippen molar-refractivity contribution in [1.29, 1.82) is 0 Å². The van der Waals surface area contributed by atoms with Gasteiger partial charge in [-0.1, -0.05) is 6.08 Å². The fraction of sp³-hybridized carbons (Fsp3) is 0.333. The second kappa shape index (κ2) is 4.45. The zero-order chi connectivity index (χ0) is 9.68. The largest absolute Gasteiger partial charge is 0.466 e. The number of imidazole rings is 1. The van der Waals surface area contributed by atoms with E-state index in [2.05, 4.69) is 9.72 Å². The van der Waals surface area contributed by atoms with Crippen LogP contribution in [0.3, 0.4) is 0 Å². The molecule has 0 aliphatic carbocycles. The first kappa shape index (κ1) is 9.51. The fourth-order valence-electron chi connectivity index (χ4n) is 0.881. The third-order valence-corrected chi connectivity index (χ3v) is 1.67. The van der Waals surface area contributed by atoms with Crippen molar-refractivity contribution in [2.45, 2.75) is 13.5 Å². The molecule has 0 radical (unpaired) electrons. The van der Waals surface area contributed by atoms with Crippen LogP contribution in [0, 0.1) is 0 Å². The molecule has 0 spiro atoms. The van der Waals surface area contributed by atoms with Crippen LogP contribution in [0.5, 0.6) is 0 Å². The summed E-state index contributed by atoms with van der Waals surface area (Å²) in [6.07, 6.45) is 7.02. The highest BCUT2D eigenvalue weighted by Gasteiger charge is 2.01. The van der Waals surface area contributed by atoms with Gasteiger partial charge < -0.3 is 9.30 Å². The minimum absolute atomic E-state index is 0.292. The standard InChI is InChI=1S/C9H12N2O2/c1-8(9(12)13-2)3-5-11-6-4-10-7-11/h3-4,6-7H,5H2,1-2H3. The van der Waals surface area contributed by atoms with Gasteiger partial charge in [-0.3, -0.25) is 0 Å². The summed E-state index contributed by atoms with van der Waals surface area (Å²) >= 11 is 0. The number of allylic oxidation sites excluding steroid dienone is 1. The molecule has 0 aromatic carbocycles. The van der Waals surface area contributed by atoms with E-state index in [1.165, 1.54) is 7.11 Å². The molecule has 0 amide bonds. The molecule has 4 nitrogen and oxygen atoms in total. The van der Waals surface area contributed by atoms with Crippen molar-refractivity contribution in [2.75, 3.05) is 7.11 Å². The third kappa shape index (κ3) is 2.74. The maximum Gasteiger partial charge on any atom is 0.333 e. The maximum atomic E-state index is 11.0. The summed E-state index contributed by atoms with van der Waals surface area (Å²) in [5.41, 5.74) is 0.608. The molecule has 4 heteroatoms. The van der Waals surface area contributed by atoms with Crippen LogP contribution in [0.4, 0.5) is 0 Å². The van der Waals surface area contributed by atoms with E-state index in [0.717, 1.165) is 0 Å². The van der Waals surface area contributed by atoms with E-state index in [0.29, 0.717) is 12.1 Å². The average molecular weight is 180 g/mol. The van der Waals surface area contributed by atoms with Crippen LogP contribution in [0.2, 0.25) is 0 Å². The quantitative estimate of drug-likeness (QED) is 0.515. The molecule has 0 saturated carbocycles. The van der Waals surface area contributed by atoms with Crippen molar-refractivity contribution < 1.29 is 9.53 Å². The van der Waals surface area contributed by atoms with Crippen LogP contribution in [0.1, 0.15) is 6.92 Å². The van der Waals surface area contributed by atoms with Crippen LogP contribution >= 0.6 is 0 Å². The van der Waals surface area contributed by atoms with Gasteiger partial charge in [0.2, 0.25) is 0 Å². The summed E-state index contributed by atoms with van der Waals surface area (Å²) in [6, 6.07) is 0. The van der Waals surface area contributed by atoms with E-state index in [1.807, 2.05) is 10.8 Å². The summed E-state index contributed by atoms with van der Waals surface area (Å²) in [6.45, 7) is 2.36. The Hall–Kier alpha value is -1.58. The van der Waals surface area contributed by atoms with Gasteiger partial charge in [-0.05, 0) is 6.92 Å². The summed E-state index contributed by atoms with van der Waals surface area (Å²) in [5, 5.41) is 0. The molecule has 0 atom stereocenters. The molecular formula is C9H12N2O2. The number of carbonyl (C=O) groups is 1. The SMILES string of the molecule is COC(=O)C(C)=CCn1ccnc1. The van der Waals surface area contributed by atoms with Gasteiger partial charge in [-0.2, -0.15) is 0 Å². The van der Waals surface area contributed by atoms with Gasteiger partial charge in [-0.25, -0.2) is 9.78 Å². The lowest BCUT2D eigenvalue weighted by Crippen LogP contribution is -2.03. The molecular weight excluding hydrogens is 168 g/mol. The number of nitrogens with zero attached hydrogens (tertiary/aromatic N) is 2. The Morgan fingerprint density at radius 1 is 1.69 bits per heavy atom. The van der Waals surface area contributed by atoms with Gasteiger partial charge in [0.25, 0.3) is 0 Å². The summed E-state index contributed by atoms with van der Waals surface area (Å²) < 4.78 is 6.42. The minimum atomic E-state index is -0.292. The second-order valence-corrected chi connectivity index (χ2v) is 2.64. The maximum absolute atomic E-state index is 11.0. The van der Waals surface area contributed by atoms with Crippen molar-refractivity contribution >= 4 is 5.97 Å². The van der Waals surface area contributed by atoms with Gasteiger partial charge in [0.05, 0.1) is 13.4 Å². The first-order chi connectivity index (χ1) is 6.24. The zero-order valence-electron chi connectivity index (χ0n) is 7.73. The predicted octanol–water partition coefficient (Wildman–Crippen LogP) is 1.00. The summed E-state index contributed by atoms with van der Waals surface area (Å²) in [7, 11) is 1.37. The average Bonchev–Trinajstić information content (AvgIpc) is 2.65. The number of ether oxygens (including phenoxy) is 1. The smallest absolute Gasteiger partial charge is 0.333 e. The summed E-state index contributed by atoms with van der Waals surface area (Å²) in [4.78, 5) is 14.8. The van der Waals surface area contributed by atoms with Crippen LogP contribution < -0.4 is 0 Å². The molecule has 1 heterocycles. The number of hydrogen-bond donors (Lipinski definition) is 0. The lowest BCUT2D eigenvalue weighted by molar-refractivity contribution is -0.136. The highest BCUT2D eigenvalue weighted by Crippen LogP contribution is 1.97. The molecule has 0 aliphatic rings. The van der Waals surface area contributed by atoms with Gasteiger partial charge in [0, 0.05) is 24.5 Å². The van der Waals surface area contributed by atoms with Crippen LogP contribution in [0.25, 0.3) is 0 Å². The van der Waals surface area contributed by atoms with E-state index in [1.54, 1.807) is 25.5 Å². The first-order valence-corrected chi connectivity index (χ1v) is 3.95. The van der Waals surface area contributed by atoms with Gasteiger partial charge in [0.1, 0.15) is 0 Å². The molecule has 1 aromatic heterocycles. The van der Waals surface area contributed by atoms with Crippen LogP contribution in [-0.4, -0.2) is 22.6 Å². The molecule has 0 unspecified atom stereocenters. The highest BCUT2D eigenvalue weighted by molar-refractivity contribution is 5.87. The highest BCUT2D eigenvalue weighted by atomic mass is 16.5. The predicted molar refractivity (Wildman–Crippen MR) is 48.0 cm³/mol. The molecule has 0 aliphatic heterocycles. The normalized spacial score (nSPS) is 11.4. The van der Waals surface area contributed by atoms with Crippen molar-refractivity contribution in [3.05, 3.63) is 30.4 Å². The summed E-state index contributed by atoms with van der Waals surface area (Å²) in [5.74, 6) is -0.292. The number of carbonyl (C=O) groups excluding carboxylic acids is 1. The van der Waals surface area contributed by atoms with E-state index in [-0.39, 0.29) is 5.97 Å². The Kier molecular flexibility index (Phi) is 3.25. The molecule has 0 N–H and O–H groups in total. The molecule has 0 saturated heterocycles. The van der Waals surface area contributed by atoms with E-state index in [9.17, 15) is 4.79 Å². The van der Waals surface area contributed by atoms with Gasteiger partial charge in [0.15, 0.2) is 0 Å². The third-order valence-electron chi connectivity index (χ3n) is 1.67. The number of rotatable bonds is 3. The Balaban J connectivity index is 2.53. The lowest BCUT2D eigenvalue weighted by atomic mass is 10.3. The second-order valence-electron chi connectivity index (χ2n) is 2.64. The molecule has 0 fully saturated rings. The molecule has 70 valence electrons. The van der Waals surface area contributed by atoms with Gasteiger partial charge >= 0.3 is 5.97 Å². The van der Waals surface area contributed by atoms with Crippen molar-refractivity contribution in [3.63, 3.8) is 0 Å². The first-order valence-electron chi connectivity index (χ1n) is 3.95. The van der Waals surface area contributed by atoms with Crippen molar-refractivity contribution in [2.24, 2.45) is 0 Å². The lowest BCUT2D eigenvalue weighted by Gasteiger charge is -1.99. The number of methoxy groups -OCH3 is 1. The molecule has 0 bridgehead atoms. The zero-order valence-corrected chi connectivity index (χ0v) is 7.73. The van der Waals surface area contributed by atoms with Crippen molar-refractivity contribution in [1.82, 2.24) is 9.55 Å².